The van der Waals surface area contributed by atoms with Crippen molar-refractivity contribution in [3.63, 3.8) is 0 Å². The molecule has 0 saturated carbocycles. The molecule has 1 aromatic heterocycles. The van der Waals surface area contributed by atoms with E-state index in [1.807, 2.05) is 20.8 Å². The molecule has 164 valence electrons. The summed E-state index contributed by atoms with van der Waals surface area (Å²) in [5, 5.41) is 16.1. The lowest BCUT2D eigenvalue weighted by atomic mass is 9.93. The summed E-state index contributed by atoms with van der Waals surface area (Å²) in [6, 6.07) is 13.8. The summed E-state index contributed by atoms with van der Waals surface area (Å²) >= 11 is 12.0. The molecule has 1 unspecified atom stereocenters. The van der Waals surface area contributed by atoms with Crippen LogP contribution in [0.25, 0.3) is 5.76 Å². The Bertz CT molecular complexity index is 1220. The van der Waals surface area contributed by atoms with Gasteiger partial charge in [0.2, 0.25) is 0 Å². The van der Waals surface area contributed by atoms with Crippen LogP contribution in [0.15, 0.2) is 64.7 Å². The van der Waals surface area contributed by atoms with Gasteiger partial charge in [-0.05, 0) is 42.0 Å². The molecule has 2 heterocycles. The Morgan fingerprint density at radius 3 is 2.09 bits per heavy atom. The zero-order valence-corrected chi connectivity index (χ0v) is 19.1. The van der Waals surface area contributed by atoms with Crippen molar-refractivity contribution < 1.29 is 19.2 Å². The molecule has 1 N–H and O–H groups in total. The number of carbonyl (C=O) groups excluding carboxylic acids is 2. The lowest BCUT2D eigenvalue weighted by molar-refractivity contribution is -0.132. The van der Waals surface area contributed by atoms with Crippen molar-refractivity contribution in [1.29, 1.82) is 0 Å². The van der Waals surface area contributed by atoms with Crippen molar-refractivity contribution in [3.8, 4) is 0 Å². The highest BCUT2D eigenvalue weighted by molar-refractivity contribution is 6.51. The van der Waals surface area contributed by atoms with E-state index in [9.17, 15) is 14.7 Å². The third kappa shape index (κ3) is 3.92. The molecule has 32 heavy (non-hydrogen) atoms. The molecule has 1 atom stereocenters. The lowest BCUT2D eigenvalue weighted by Crippen LogP contribution is -2.29. The maximum Gasteiger partial charge on any atom is 0.301 e. The molecule has 0 spiro atoms. The number of benzene rings is 2. The summed E-state index contributed by atoms with van der Waals surface area (Å²) in [5.74, 6) is -1.19. The van der Waals surface area contributed by atoms with Crippen LogP contribution >= 0.6 is 23.2 Å². The Labute approximate surface area is 195 Å². The highest BCUT2D eigenvalue weighted by Crippen LogP contribution is 2.42. The molecule has 0 aliphatic carbocycles. The van der Waals surface area contributed by atoms with E-state index in [1.54, 1.807) is 54.6 Å². The van der Waals surface area contributed by atoms with E-state index in [2.05, 4.69) is 5.16 Å². The van der Waals surface area contributed by atoms with Gasteiger partial charge in [0, 0.05) is 27.1 Å². The number of Topliss-reactive ketones (excluding diaryl/α,β-unsaturated/α-hetero) is 1. The standard InChI is InChI=1S/C24H20Cl2N2O4/c1-24(2,3)17-12-18(27-32-17)28-20(13-4-8-15(25)9-5-13)19(22(30)23(28)31)21(29)14-6-10-16(26)11-7-14/h4-12,20,29H,1-3H3. The third-order valence-electron chi connectivity index (χ3n) is 5.23. The monoisotopic (exact) mass is 470 g/mol. The van der Waals surface area contributed by atoms with Crippen molar-refractivity contribution >= 4 is 46.5 Å². The van der Waals surface area contributed by atoms with E-state index >= 15 is 0 Å². The van der Waals surface area contributed by atoms with Crippen molar-refractivity contribution in [3.05, 3.63) is 87.1 Å². The fourth-order valence-corrected chi connectivity index (χ4v) is 3.78. The van der Waals surface area contributed by atoms with Crippen LogP contribution in [0.3, 0.4) is 0 Å². The van der Waals surface area contributed by atoms with Crippen LogP contribution in [0.1, 0.15) is 43.7 Å². The van der Waals surface area contributed by atoms with Gasteiger partial charge < -0.3 is 9.63 Å². The molecule has 8 heteroatoms. The summed E-state index contributed by atoms with van der Waals surface area (Å²) in [7, 11) is 0. The van der Waals surface area contributed by atoms with Crippen LogP contribution in [0.2, 0.25) is 10.0 Å². The zero-order chi connectivity index (χ0) is 23.2. The number of hydrogen-bond donors (Lipinski definition) is 1. The van der Waals surface area contributed by atoms with Crippen LogP contribution in [0.5, 0.6) is 0 Å². The largest absolute Gasteiger partial charge is 0.507 e. The number of rotatable bonds is 3. The van der Waals surface area contributed by atoms with Gasteiger partial charge in [-0.15, -0.1) is 0 Å². The van der Waals surface area contributed by atoms with E-state index in [4.69, 9.17) is 27.7 Å². The Hall–Kier alpha value is -3.09. The van der Waals surface area contributed by atoms with Gasteiger partial charge in [0.05, 0.1) is 11.6 Å². The predicted octanol–water partition coefficient (Wildman–Crippen LogP) is 5.91. The Morgan fingerprint density at radius 2 is 1.56 bits per heavy atom. The number of carbonyl (C=O) groups is 2. The van der Waals surface area contributed by atoms with Gasteiger partial charge in [-0.25, -0.2) is 0 Å². The molecule has 0 radical (unpaired) electrons. The fourth-order valence-electron chi connectivity index (χ4n) is 3.53. The van der Waals surface area contributed by atoms with Gasteiger partial charge in [-0.3, -0.25) is 14.5 Å². The van der Waals surface area contributed by atoms with Crippen LogP contribution < -0.4 is 4.90 Å². The number of ketones is 1. The number of aliphatic hydroxyl groups is 1. The molecular formula is C24H20Cl2N2O4. The molecule has 1 aliphatic rings. The number of aliphatic hydroxyl groups excluding tert-OH is 1. The molecule has 3 aromatic rings. The molecule has 0 bridgehead atoms. The number of halogens is 2. The summed E-state index contributed by atoms with van der Waals surface area (Å²) < 4.78 is 5.45. The average Bonchev–Trinajstić information content (AvgIpc) is 3.32. The maximum atomic E-state index is 13.1. The SMILES string of the molecule is CC(C)(C)c1cc(N2C(=O)C(=O)C(=C(O)c3ccc(Cl)cc3)C2c2ccc(Cl)cc2)no1. The molecule has 1 saturated heterocycles. The second kappa shape index (κ2) is 8.11. The quantitative estimate of drug-likeness (QED) is 0.292. The minimum Gasteiger partial charge on any atom is -0.507 e. The summed E-state index contributed by atoms with van der Waals surface area (Å²) in [5.41, 5.74) is 0.545. The second-order valence-electron chi connectivity index (χ2n) is 8.53. The molecule has 1 amide bonds. The third-order valence-corrected chi connectivity index (χ3v) is 5.74. The van der Waals surface area contributed by atoms with Gasteiger partial charge in [0.1, 0.15) is 11.5 Å². The highest BCUT2D eigenvalue weighted by atomic mass is 35.5. The van der Waals surface area contributed by atoms with Gasteiger partial charge in [-0.2, -0.15) is 0 Å². The number of anilines is 1. The summed E-state index contributed by atoms with van der Waals surface area (Å²) in [6.07, 6.45) is 0. The first-order valence-corrected chi connectivity index (χ1v) is 10.6. The van der Waals surface area contributed by atoms with Crippen molar-refractivity contribution in [2.45, 2.75) is 32.2 Å². The highest BCUT2D eigenvalue weighted by Gasteiger charge is 2.48. The summed E-state index contributed by atoms with van der Waals surface area (Å²) in [4.78, 5) is 27.5. The van der Waals surface area contributed by atoms with Gasteiger partial charge in [-0.1, -0.05) is 61.3 Å². The predicted molar refractivity (Wildman–Crippen MR) is 123 cm³/mol. The molecule has 1 fully saturated rings. The lowest BCUT2D eigenvalue weighted by Gasteiger charge is -2.23. The number of aromatic nitrogens is 1. The minimum atomic E-state index is -0.916. The normalized spacial score (nSPS) is 18.4. The van der Waals surface area contributed by atoms with Crippen LogP contribution in [0.4, 0.5) is 5.82 Å². The Morgan fingerprint density at radius 1 is 1.00 bits per heavy atom. The van der Waals surface area contributed by atoms with Gasteiger partial charge in [0.15, 0.2) is 5.82 Å². The molecular weight excluding hydrogens is 451 g/mol. The van der Waals surface area contributed by atoms with Crippen LogP contribution in [0, 0.1) is 0 Å². The molecule has 6 nitrogen and oxygen atoms in total. The average molecular weight is 471 g/mol. The number of amides is 1. The molecule has 4 rings (SSSR count). The first-order valence-electron chi connectivity index (χ1n) is 9.87. The van der Waals surface area contributed by atoms with Gasteiger partial charge in [0.25, 0.3) is 5.78 Å². The smallest absolute Gasteiger partial charge is 0.301 e. The van der Waals surface area contributed by atoms with Gasteiger partial charge >= 0.3 is 5.91 Å². The van der Waals surface area contributed by atoms with Crippen molar-refractivity contribution in [2.24, 2.45) is 0 Å². The minimum absolute atomic E-state index is 0.0556. The zero-order valence-electron chi connectivity index (χ0n) is 17.6. The first-order chi connectivity index (χ1) is 15.1. The topological polar surface area (TPSA) is 83.6 Å². The Kier molecular flexibility index (Phi) is 5.61. The van der Waals surface area contributed by atoms with Crippen LogP contribution in [-0.4, -0.2) is 22.0 Å². The number of nitrogens with zero attached hydrogens (tertiary/aromatic N) is 2. The van der Waals surface area contributed by atoms with E-state index < -0.39 is 17.7 Å². The first kappa shape index (κ1) is 22.1. The number of hydrogen-bond acceptors (Lipinski definition) is 5. The second-order valence-corrected chi connectivity index (χ2v) is 9.40. The Balaban J connectivity index is 1.91. The van der Waals surface area contributed by atoms with Crippen LogP contribution in [-0.2, 0) is 15.0 Å². The van der Waals surface area contributed by atoms with E-state index in [-0.39, 0.29) is 22.6 Å². The molecule has 1 aliphatic heterocycles. The van der Waals surface area contributed by atoms with Crippen molar-refractivity contribution in [1.82, 2.24) is 5.16 Å². The fraction of sp³-hybridized carbons (Fsp3) is 0.208. The van der Waals surface area contributed by atoms with Crippen molar-refractivity contribution in [2.75, 3.05) is 4.90 Å². The van der Waals surface area contributed by atoms with E-state index in [1.165, 1.54) is 4.90 Å². The maximum absolute atomic E-state index is 13.1. The van der Waals surface area contributed by atoms with E-state index in [0.717, 1.165) is 0 Å². The van der Waals surface area contributed by atoms with E-state index in [0.29, 0.717) is 26.9 Å². The summed E-state index contributed by atoms with van der Waals surface area (Å²) in [6.45, 7) is 5.84. The molecule has 2 aromatic carbocycles.